The highest BCUT2D eigenvalue weighted by Crippen LogP contribution is 2.45. The number of rotatable bonds is 8. The number of piperidine rings is 1. The van der Waals surface area contributed by atoms with Gasteiger partial charge in [0.2, 0.25) is 0 Å². The summed E-state index contributed by atoms with van der Waals surface area (Å²) in [4.78, 5) is 7.50. The molecule has 0 radical (unpaired) electrons. The Morgan fingerprint density at radius 3 is 2.11 bits per heavy atom. The number of pyridine rings is 1. The highest BCUT2D eigenvalue weighted by Gasteiger charge is 2.46. The molecule has 1 aliphatic heterocycles. The van der Waals surface area contributed by atoms with Crippen molar-refractivity contribution in [1.82, 2.24) is 14.1 Å². The molecular formula is C30H45N3OSi. The van der Waals surface area contributed by atoms with Crippen molar-refractivity contribution in [3.05, 3.63) is 65.5 Å². The first-order valence-electron chi connectivity index (χ1n) is 13.6. The molecule has 3 aromatic rings. The van der Waals surface area contributed by atoms with Gasteiger partial charge in [-0.25, -0.2) is 4.98 Å². The van der Waals surface area contributed by atoms with Crippen LogP contribution >= 0.6 is 0 Å². The molecule has 5 heteroatoms. The molecule has 0 aliphatic carbocycles. The van der Waals surface area contributed by atoms with E-state index in [0.29, 0.717) is 16.6 Å². The molecule has 190 valence electrons. The second kappa shape index (κ2) is 10.6. The van der Waals surface area contributed by atoms with Gasteiger partial charge in [-0.15, -0.1) is 0 Å². The van der Waals surface area contributed by atoms with Crippen LogP contribution in [-0.2, 0) is 6.54 Å². The van der Waals surface area contributed by atoms with Gasteiger partial charge in [0, 0.05) is 18.1 Å². The number of aromatic nitrogens is 2. The number of hydrogen-bond donors (Lipinski definition) is 1. The van der Waals surface area contributed by atoms with Crippen molar-refractivity contribution in [2.45, 2.75) is 90.6 Å². The highest BCUT2D eigenvalue weighted by atomic mass is 28.3. The van der Waals surface area contributed by atoms with Crippen LogP contribution < -0.4 is 0 Å². The van der Waals surface area contributed by atoms with E-state index in [0.717, 1.165) is 54.6 Å². The fraction of sp³-hybridized carbons (Fsp3) is 0.567. The molecule has 1 saturated heterocycles. The normalized spacial score (nSPS) is 17.2. The van der Waals surface area contributed by atoms with Gasteiger partial charge in [-0.05, 0) is 84.3 Å². The summed E-state index contributed by atoms with van der Waals surface area (Å²) in [5.41, 5.74) is 6.46. The predicted octanol–water partition coefficient (Wildman–Crippen LogP) is 7.31. The van der Waals surface area contributed by atoms with Crippen LogP contribution in [0.1, 0.15) is 77.2 Å². The van der Waals surface area contributed by atoms with Crippen molar-refractivity contribution in [1.29, 1.82) is 0 Å². The number of aliphatic hydroxyl groups excluding tert-OH is 1. The van der Waals surface area contributed by atoms with Crippen LogP contribution in [0, 0.1) is 12.8 Å². The maximum Gasteiger partial charge on any atom is 0.171 e. The number of nitrogens with zero attached hydrogens (tertiary/aromatic N) is 3. The lowest BCUT2D eigenvalue weighted by atomic mass is 9.85. The number of likely N-dealkylation sites (tertiary alicyclic amines) is 1. The number of fused-ring (bicyclic) bond motifs is 1. The van der Waals surface area contributed by atoms with Gasteiger partial charge in [-0.1, -0.05) is 71.9 Å². The quantitative estimate of drug-likeness (QED) is 0.336. The van der Waals surface area contributed by atoms with E-state index in [1.807, 2.05) is 6.20 Å². The summed E-state index contributed by atoms with van der Waals surface area (Å²) < 4.78 is 2.57. The van der Waals surface area contributed by atoms with Crippen LogP contribution in [0.15, 0.2) is 48.8 Å². The van der Waals surface area contributed by atoms with Gasteiger partial charge in [0.15, 0.2) is 8.24 Å². The summed E-state index contributed by atoms with van der Waals surface area (Å²) in [5, 5.41) is 12.9. The first-order chi connectivity index (χ1) is 16.7. The minimum absolute atomic E-state index is 0.289. The zero-order valence-corrected chi connectivity index (χ0v) is 23.8. The Morgan fingerprint density at radius 2 is 1.54 bits per heavy atom. The van der Waals surface area contributed by atoms with Crippen LogP contribution in [0.5, 0.6) is 0 Å². The van der Waals surface area contributed by atoms with E-state index in [1.54, 1.807) is 0 Å². The van der Waals surface area contributed by atoms with Crippen LogP contribution in [-0.4, -0.2) is 40.5 Å². The first-order valence-corrected chi connectivity index (χ1v) is 15.8. The molecule has 1 N–H and O–H groups in total. The molecule has 35 heavy (non-hydrogen) atoms. The van der Waals surface area contributed by atoms with Crippen molar-refractivity contribution in [2.75, 3.05) is 13.1 Å². The largest absolute Gasteiger partial charge is 0.388 e. The van der Waals surface area contributed by atoms with Gasteiger partial charge in [-0.3, -0.25) is 4.90 Å². The standard InChI is InChI=1S/C30H45N3OSi/c1-21(2)35(22(3)4,23(5)6)33-18-15-27-28(24(7)19-31-30(27)33)29(34)26-13-16-32(17-14-26)20-25-11-9-8-10-12-25/h8-12,15,18-19,21-23,26,29,34H,13-14,16-17,20H2,1-7H3. The highest BCUT2D eigenvalue weighted by molar-refractivity contribution is 6.82. The van der Waals surface area contributed by atoms with E-state index in [-0.39, 0.29) is 5.92 Å². The molecule has 4 rings (SSSR count). The summed E-state index contributed by atoms with van der Waals surface area (Å²) in [5.74, 6) is 0.289. The lowest BCUT2D eigenvalue weighted by molar-refractivity contribution is 0.0573. The molecule has 1 aromatic carbocycles. The van der Waals surface area contributed by atoms with E-state index in [9.17, 15) is 5.11 Å². The minimum atomic E-state index is -1.91. The second-order valence-corrected chi connectivity index (χ2v) is 17.4. The third-order valence-electron chi connectivity index (χ3n) is 8.77. The van der Waals surface area contributed by atoms with Gasteiger partial charge >= 0.3 is 0 Å². The Labute approximate surface area is 213 Å². The summed E-state index contributed by atoms with van der Waals surface area (Å²) >= 11 is 0. The van der Waals surface area contributed by atoms with E-state index in [2.05, 4.69) is 100 Å². The third kappa shape index (κ3) is 4.75. The van der Waals surface area contributed by atoms with E-state index < -0.39 is 14.3 Å². The summed E-state index contributed by atoms with van der Waals surface area (Å²) in [6.45, 7) is 19.6. The SMILES string of the molecule is Cc1cnc2c(ccn2[Si](C(C)C)(C(C)C)C(C)C)c1C(O)C1CCN(Cc2ccccc2)CC1. The molecule has 0 saturated carbocycles. The van der Waals surface area contributed by atoms with Crippen molar-refractivity contribution >= 4 is 19.3 Å². The number of benzene rings is 1. The topological polar surface area (TPSA) is 41.3 Å². The second-order valence-electron chi connectivity index (χ2n) is 11.7. The molecule has 0 amide bonds. The lowest BCUT2D eigenvalue weighted by Crippen LogP contribution is -2.51. The Balaban J connectivity index is 1.62. The van der Waals surface area contributed by atoms with E-state index >= 15 is 0 Å². The molecule has 1 atom stereocenters. The van der Waals surface area contributed by atoms with Crippen molar-refractivity contribution < 1.29 is 5.11 Å². The molecule has 2 aromatic heterocycles. The van der Waals surface area contributed by atoms with Crippen LogP contribution in [0.3, 0.4) is 0 Å². The Kier molecular flexibility index (Phi) is 7.89. The maximum absolute atomic E-state index is 11.7. The fourth-order valence-electron chi connectivity index (χ4n) is 7.25. The smallest absolute Gasteiger partial charge is 0.171 e. The summed E-state index contributed by atoms with van der Waals surface area (Å²) in [7, 11) is -1.91. The van der Waals surface area contributed by atoms with E-state index in [4.69, 9.17) is 4.98 Å². The summed E-state index contributed by atoms with van der Waals surface area (Å²) in [6, 6.07) is 13.0. The van der Waals surface area contributed by atoms with Gasteiger partial charge in [0.05, 0.1) is 6.10 Å². The molecule has 0 spiro atoms. The first kappa shape index (κ1) is 26.1. The van der Waals surface area contributed by atoms with Crippen molar-refractivity contribution in [3.8, 4) is 0 Å². The molecule has 0 bridgehead atoms. The Bertz CT molecular complexity index is 1090. The Hall–Kier alpha value is -1.95. The minimum Gasteiger partial charge on any atom is -0.388 e. The number of aryl methyl sites for hydroxylation is 1. The van der Waals surface area contributed by atoms with Gasteiger partial charge < -0.3 is 9.34 Å². The van der Waals surface area contributed by atoms with Gasteiger partial charge in [0.1, 0.15) is 5.65 Å². The van der Waals surface area contributed by atoms with Crippen LogP contribution in [0.4, 0.5) is 0 Å². The average Bonchev–Trinajstić information content (AvgIpc) is 3.23. The van der Waals surface area contributed by atoms with Crippen LogP contribution in [0.2, 0.25) is 16.6 Å². The molecule has 1 unspecified atom stereocenters. The van der Waals surface area contributed by atoms with Gasteiger partial charge in [-0.2, -0.15) is 0 Å². The molecule has 1 aliphatic rings. The van der Waals surface area contributed by atoms with Gasteiger partial charge in [0.25, 0.3) is 0 Å². The molecule has 4 nitrogen and oxygen atoms in total. The zero-order chi connectivity index (χ0) is 25.3. The predicted molar refractivity (Wildman–Crippen MR) is 150 cm³/mol. The van der Waals surface area contributed by atoms with Crippen LogP contribution in [0.25, 0.3) is 11.0 Å². The molecule has 3 heterocycles. The lowest BCUT2D eigenvalue weighted by Gasteiger charge is -2.44. The number of aliphatic hydroxyl groups is 1. The fourth-order valence-corrected chi connectivity index (χ4v) is 13.8. The Morgan fingerprint density at radius 1 is 0.943 bits per heavy atom. The number of hydrogen-bond acceptors (Lipinski definition) is 3. The van der Waals surface area contributed by atoms with Crippen molar-refractivity contribution in [2.24, 2.45) is 5.92 Å². The molecule has 1 fully saturated rings. The van der Waals surface area contributed by atoms with Crippen molar-refractivity contribution in [3.63, 3.8) is 0 Å². The zero-order valence-electron chi connectivity index (χ0n) is 22.8. The molecular weight excluding hydrogens is 446 g/mol. The monoisotopic (exact) mass is 491 g/mol. The summed E-state index contributed by atoms with van der Waals surface area (Å²) in [6.07, 6.45) is 5.91. The van der Waals surface area contributed by atoms with E-state index in [1.165, 1.54) is 5.56 Å². The third-order valence-corrected chi connectivity index (χ3v) is 15.5. The average molecular weight is 492 g/mol. The maximum atomic E-state index is 11.7.